The lowest BCUT2D eigenvalue weighted by molar-refractivity contribution is -0.113. The number of benzene rings is 2. The van der Waals surface area contributed by atoms with Gasteiger partial charge in [0.2, 0.25) is 0 Å². The van der Waals surface area contributed by atoms with Crippen LogP contribution in [0.2, 0.25) is 0 Å². The van der Waals surface area contributed by atoms with E-state index in [9.17, 15) is 9.90 Å². The van der Waals surface area contributed by atoms with Crippen LogP contribution in [0.3, 0.4) is 0 Å². The predicted octanol–water partition coefficient (Wildman–Crippen LogP) is 5.57. The minimum atomic E-state index is -0.532. The third-order valence-corrected chi connectivity index (χ3v) is 6.22. The van der Waals surface area contributed by atoms with Gasteiger partial charge < -0.3 is 14.9 Å². The average Bonchev–Trinajstić information content (AvgIpc) is 2.80. The van der Waals surface area contributed by atoms with E-state index in [0.717, 1.165) is 37.3 Å². The van der Waals surface area contributed by atoms with Gasteiger partial charge in [0.05, 0.1) is 6.10 Å². The van der Waals surface area contributed by atoms with Crippen LogP contribution >= 0.6 is 0 Å². The second kappa shape index (κ2) is 11.1. The zero-order valence-corrected chi connectivity index (χ0v) is 19.8. The Bertz CT molecular complexity index is 872. The maximum absolute atomic E-state index is 13.2. The van der Waals surface area contributed by atoms with Crippen molar-refractivity contribution in [3.63, 3.8) is 0 Å². The number of rotatable bonds is 8. The Labute approximate surface area is 192 Å². The van der Waals surface area contributed by atoms with Crippen LogP contribution in [0.15, 0.2) is 59.7 Å². The van der Waals surface area contributed by atoms with Crippen LogP contribution in [0.1, 0.15) is 51.7 Å². The number of ketones is 1. The first-order valence-corrected chi connectivity index (χ1v) is 11.8. The molecule has 1 aliphatic rings. The highest BCUT2D eigenvalue weighted by Crippen LogP contribution is 2.29. The summed E-state index contributed by atoms with van der Waals surface area (Å²) >= 11 is 0. The first-order valence-electron chi connectivity index (χ1n) is 11.8. The van der Waals surface area contributed by atoms with Crippen LogP contribution in [-0.4, -0.2) is 43.2 Å². The molecule has 1 N–H and O–H groups in total. The van der Waals surface area contributed by atoms with E-state index in [1.165, 1.54) is 11.4 Å². The van der Waals surface area contributed by atoms with E-state index in [-0.39, 0.29) is 5.78 Å². The van der Waals surface area contributed by atoms with Crippen LogP contribution in [0.25, 0.3) is 12.2 Å². The van der Waals surface area contributed by atoms with Crippen molar-refractivity contribution in [1.29, 1.82) is 0 Å². The summed E-state index contributed by atoms with van der Waals surface area (Å²) in [4.78, 5) is 17.7. The molecule has 0 heterocycles. The largest absolute Gasteiger partial charge is 0.392 e. The van der Waals surface area contributed by atoms with Gasteiger partial charge >= 0.3 is 0 Å². The summed E-state index contributed by atoms with van der Waals surface area (Å²) < 4.78 is 0. The minimum absolute atomic E-state index is 0.0379. The van der Waals surface area contributed by atoms with Gasteiger partial charge in [0, 0.05) is 61.5 Å². The molecule has 4 heteroatoms. The van der Waals surface area contributed by atoms with Crippen molar-refractivity contribution in [2.75, 3.05) is 36.0 Å². The molecule has 1 saturated carbocycles. The van der Waals surface area contributed by atoms with E-state index in [1.807, 2.05) is 36.4 Å². The SMILES string of the molecule is CCN(CC)c1ccc(C=C2CC(O)CC(=Cc3ccc(N(CC)CC)cc3)C2=O)cc1. The van der Waals surface area contributed by atoms with Gasteiger partial charge in [0.25, 0.3) is 0 Å². The molecular weight excluding hydrogens is 396 g/mol. The van der Waals surface area contributed by atoms with Crippen LogP contribution in [0.4, 0.5) is 11.4 Å². The number of aliphatic hydroxyl groups is 1. The van der Waals surface area contributed by atoms with Gasteiger partial charge in [-0.05, 0) is 75.2 Å². The van der Waals surface area contributed by atoms with Gasteiger partial charge in [-0.15, -0.1) is 0 Å². The molecule has 0 radical (unpaired) electrons. The number of nitrogens with zero attached hydrogens (tertiary/aromatic N) is 2. The van der Waals surface area contributed by atoms with E-state index in [2.05, 4.69) is 61.8 Å². The molecule has 0 aromatic heterocycles. The second-order valence-electron chi connectivity index (χ2n) is 8.26. The van der Waals surface area contributed by atoms with Crippen molar-refractivity contribution in [2.45, 2.75) is 46.6 Å². The maximum atomic E-state index is 13.2. The molecule has 170 valence electrons. The van der Waals surface area contributed by atoms with Crippen molar-refractivity contribution in [3.05, 3.63) is 70.8 Å². The van der Waals surface area contributed by atoms with Gasteiger partial charge in [0.1, 0.15) is 0 Å². The molecule has 0 atom stereocenters. The van der Waals surface area contributed by atoms with Crippen molar-refractivity contribution in [1.82, 2.24) is 0 Å². The summed E-state index contributed by atoms with van der Waals surface area (Å²) in [6.45, 7) is 12.4. The third kappa shape index (κ3) is 5.68. The molecule has 3 rings (SSSR count). The number of Topliss-reactive ketones (excluding diaryl/α,β-unsaturated/α-hetero) is 1. The van der Waals surface area contributed by atoms with Gasteiger partial charge in [-0.25, -0.2) is 0 Å². The second-order valence-corrected chi connectivity index (χ2v) is 8.26. The van der Waals surface area contributed by atoms with Crippen LogP contribution in [-0.2, 0) is 4.79 Å². The highest BCUT2D eigenvalue weighted by atomic mass is 16.3. The Morgan fingerprint density at radius 2 is 1.06 bits per heavy atom. The lowest BCUT2D eigenvalue weighted by Gasteiger charge is -2.23. The summed E-state index contributed by atoms with van der Waals surface area (Å²) in [5, 5.41) is 10.4. The summed E-state index contributed by atoms with van der Waals surface area (Å²) in [6.07, 6.45) is 4.11. The van der Waals surface area contributed by atoms with Crippen LogP contribution in [0, 0.1) is 0 Å². The Kier molecular flexibility index (Phi) is 8.29. The molecule has 0 amide bonds. The number of anilines is 2. The fraction of sp³-hybridized carbons (Fsp3) is 0.393. The topological polar surface area (TPSA) is 43.8 Å². The first kappa shape index (κ1) is 23.8. The molecule has 0 aliphatic heterocycles. The Hall–Kier alpha value is -2.85. The molecular formula is C28H36N2O2. The van der Waals surface area contributed by atoms with Crippen LogP contribution < -0.4 is 9.80 Å². The van der Waals surface area contributed by atoms with Crippen molar-refractivity contribution in [2.24, 2.45) is 0 Å². The molecule has 0 bridgehead atoms. The summed E-state index contributed by atoms with van der Waals surface area (Å²) in [6, 6.07) is 16.6. The summed E-state index contributed by atoms with van der Waals surface area (Å²) in [5.41, 5.74) is 5.68. The predicted molar refractivity (Wildman–Crippen MR) is 136 cm³/mol. The average molecular weight is 433 g/mol. The van der Waals surface area contributed by atoms with Gasteiger partial charge in [0.15, 0.2) is 5.78 Å². The molecule has 2 aromatic carbocycles. The number of aliphatic hydroxyl groups excluding tert-OH is 1. The normalized spacial score (nSPS) is 18.9. The smallest absolute Gasteiger partial charge is 0.185 e. The van der Waals surface area contributed by atoms with E-state index in [4.69, 9.17) is 0 Å². The number of carbonyl (C=O) groups excluding carboxylic acids is 1. The molecule has 1 fully saturated rings. The molecule has 0 unspecified atom stereocenters. The highest BCUT2D eigenvalue weighted by Gasteiger charge is 2.26. The highest BCUT2D eigenvalue weighted by molar-refractivity contribution is 6.14. The molecule has 2 aromatic rings. The van der Waals surface area contributed by atoms with E-state index in [0.29, 0.717) is 24.0 Å². The monoisotopic (exact) mass is 432 g/mol. The molecule has 0 saturated heterocycles. The van der Waals surface area contributed by atoms with Crippen molar-refractivity contribution in [3.8, 4) is 0 Å². The number of hydrogen-bond donors (Lipinski definition) is 1. The fourth-order valence-electron chi connectivity index (χ4n) is 4.36. The van der Waals surface area contributed by atoms with Crippen molar-refractivity contribution < 1.29 is 9.90 Å². The van der Waals surface area contributed by atoms with Gasteiger partial charge in [-0.2, -0.15) is 0 Å². The fourth-order valence-corrected chi connectivity index (χ4v) is 4.36. The molecule has 1 aliphatic carbocycles. The summed E-state index contributed by atoms with van der Waals surface area (Å²) in [7, 11) is 0. The maximum Gasteiger partial charge on any atom is 0.185 e. The van der Waals surface area contributed by atoms with E-state index >= 15 is 0 Å². The first-order chi connectivity index (χ1) is 15.5. The van der Waals surface area contributed by atoms with Crippen LogP contribution in [0.5, 0.6) is 0 Å². The Morgan fingerprint density at radius 1 is 0.719 bits per heavy atom. The van der Waals surface area contributed by atoms with Gasteiger partial charge in [-0.3, -0.25) is 4.79 Å². The molecule has 0 spiro atoms. The Morgan fingerprint density at radius 3 is 1.38 bits per heavy atom. The lowest BCUT2D eigenvalue weighted by Crippen LogP contribution is -2.23. The zero-order valence-electron chi connectivity index (χ0n) is 19.8. The molecule has 32 heavy (non-hydrogen) atoms. The summed E-state index contributed by atoms with van der Waals surface area (Å²) in [5.74, 6) is 0.0379. The number of hydrogen-bond acceptors (Lipinski definition) is 4. The lowest BCUT2D eigenvalue weighted by atomic mass is 9.85. The standard InChI is InChI=1S/C28H36N2O2/c1-5-29(6-2)25-13-9-21(10-14-25)17-23-19-27(31)20-24(28(23)32)18-22-11-15-26(16-12-22)30(7-3)8-4/h9-18,27,31H,5-8,19-20H2,1-4H3. The van der Waals surface area contributed by atoms with E-state index in [1.54, 1.807) is 0 Å². The third-order valence-electron chi connectivity index (χ3n) is 6.22. The van der Waals surface area contributed by atoms with E-state index < -0.39 is 6.10 Å². The zero-order chi connectivity index (χ0) is 23.1. The van der Waals surface area contributed by atoms with Crippen molar-refractivity contribution >= 4 is 29.3 Å². The minimum Gasteiger partial charge on any atom is -0.392 e. The quantitative estimate of drug-likeness (QED) is 0.554. The molecule has 4 nitrogen and oxygen atoms in total. The van der Waals surface area contributed by atoms with Gasteiger partial charge in [-0.1, -0.05) is 24.3 Å². The number of carbonyl (C=O) groups is 1. The Balaban J connectivity index is 1.81.